The topological polar surface area (TPSA) is 56.1 Å². The summed E-state index contributed by atoms with van der Waals surface area (Å²) < 4.78 is 9.49. The molecule has 4 rings (SSSR count). The van der Waals surface area contributed by atoms with Crippen LogP contribution < -0.4 is 10.1 Å². The van der Waals surface area contributed by atoms with Crippen molar-refractivity contribution in [2.24, 2.45) is 0 Å². The van der Waals surface area contributed by atoms with Crippen LogP contribution >= 0.6 is 0 Å². The number of benzene rings is 1. The van der Waals surface area contributed by atoms with Gasteiger partial charge in [0.1, 0.15) is 0 Å². The molecule has 1 aromatic heterocycles. The Morgan fingerprint density at radius 1 is 1.17 bits per heavy atom. The Hall–Kier alpha value is -2.26. The first kappa shape index (κ1) is 21.0. The molecular weight excluding hydrogens is 546 g/mol. The van der Waals surface area contributed by atoms with Crippen LogP contribution in [-0.2, 0) is 38.7 Å². The quantitative estimate of drug-likeness (QED) is 0.521. The molecule has 0 saturated heterocycles. The van der Waals surface area contributed by atoms with E-state index in [9.17, 15) is 4.79 Å². The molecule has 0 fully saturated rings. The van der Waals surface area contributed by atoms with Crippen LogP contribution in [-0.4, -0.2) is 25.0 Å². The van der Waals surface area contributed by atoms with E-state index in [0.717, 1.165) is 61.3 Å². The number of hydrogen-bond donors (Lipinski definition) is 1. The summed E-state index contributed by atoms with van der Waals surface area (Å²) >= 11 is 1.37. The fraction of sp³-hybridized carbons (Fsp3) is 0.375. The number of ether oxygens (including phenoxy) is 1. The van der Waals surface area contributed by atoms with Gasteiger partial charge in [-0.15, -0.1) is 0 Å². The van der Waals surface area contributed by atoms with Gasteiger partial charge >= 0.3 is 175 Å². The standard InChI is InChI=1S/C24H27N3O2.W/c1-24(2)17-19-15-18-9-5-4-8-13-27-14-12-25-22(27)10-6-3-7-11-26-23(28)20(18)16-21(19)29-24;/h3,6-7,11-12,14-16H,4-5,8-9,13,17H2,1-2H3,(H,26,28);. The van der Waals surface area contributed by atoms with E-state index in [2.05, 4.69) is 47.1 Å². The molecule has 0 atom stereocenters. The van der Waals surface area contributed by atoms with Crippen molar-refractivity contribution in [2.75, 3.05) is 0 Å². The van der Waals surface area contributed by atoms with Gasteiger partial charge in [0, 0.05) is 0 Å². The van der Waals surface area contributed by atoms with Crippen LogP contribution in [0.1, 0.15) is 60.4 Å². The van der Waals surface area contributed by atoms with Gasteiger partial charge in [-0.1, -0.05) is 0 Å². The molecule has 156 valence electrons. The Labute approximate surface area is 188 Å². The van der Waals surface area contributed by atoms with E-state index in [1.54, 1.807) is 6.20 Å². The zero-order valence-electron chi connectivity index (χ0n) is 17.5. The molecular formula is C24H27N3O2W. The molecule has 0 saturated carbocycles. The van der Waals surface area contributed by atoms with Crippen LogP contribution in [0.15, 0.2) is 49.0 Å². The Kier molecular flexibility index (Phi) is 6.19. The Bertz CT molecular complexity index is 1030. The fourth-order valence-corrected chi connectivity index (χ4v) is 4.98. The summed E-state index contributed by atoms with van der Waals surface area (Å²) in [6.07, 6.45) is 16.5. The second-order valence-corrected chi connectivity index (χ2v) is 10.0. The van der Waals surface area contributed by atoms with E-state index in [-0.39, 0.29) is 11.5 Å². The SMILES string of the molecule is CC1(C)Cc2cc3c(cc2O1)C(=O)NC=CC=C[C](=[W])c1nccn1CCCCC3. The summed E-state index contributed by atoms with van der Waals surface area (Å²) in [5.41, 5.74) is 2.82. The Morgan fingerprint density at radius 3 is 2.90 bits per heavy atom. The Balaban J connectivity index is 1.60. The van der Waals surface area contributed by atoms with E-state index in [1.165, 1.54) is 28.8 Å². The van der Waals surface area contributed by atoms with E-state index < -0.39 is 0 Å². The van der Waals surface area contributed by atoms with Gasteiger partial charge in [0.15, 0.2) is 0 Å². The molecule has 0 radical (unpaired) electrons. The number of carbonyl (C=O) groups is 1. The maximum absolute atomic E-state index is 12.9. The molecule has 2 aromatic rings. The summed E-state index contributed by atoms with van der Waals surface area (Å²) in [5.74, 6) is 1.79. The van der Waals surface area contributed by atoms with Crippen molar-refractivity contribution >= 4 is 9.81 Å². The first-order chi connectivity index (χ1) is 14.4. The van der Waals surface area contributed by atoms with Crippen molar-refractivity contribution < 1.29 is 28.9 Å². The zero-order valence-corrected chi connectivity index (χ0v) is 20.4. The number of allylic oxidation sites excluding steroid dienone is 3. The average Bonchev–Trinajstić information content (AvgIpc) is 3.27. The second kappa shape index (κ2) is 8.85. The first-order valence-electron chi connectivity index (χ1n) is 10.5. The van der Waals surface area contributed by atoms with Gasteiger partial charge in [-0.25, -0.2) is 0 Å². The Morgan fingerprint density at radius 2 is 2.03 bits per heavy atom. The predicted octanol–water partition coefficient (Wildman–Crippen LogP) is 3.89. The van der Waals surface area contributed by atoms with Crippen molar-refractivity contribution in [1.82, 2.24) is 14.9 Å². The fourth-order valence-electron chi connectivity index (χ4n) is 4.08. The summed E-state index contributed by atoms with van der Waals surface area (Å²) in [7, 11) is 0. The van der Waals surface area contributed by atoms with Crippen LogP contribution in [0.2, 0.25) is 0 Å². The van der Waals surface area contributed by atoms with Crippen molar-refractivity contribution in [3.8, 4) is 5.75 Å². The third-order valence-electron chi connectivity index (χ3n) is 5.48. The number of rotatable bonds is 0. The molecule has 3 heterocycles. The summed E-state index contributed by atoms with van der Waals surface area (Å²) in [6, 6.07) is 4.11. The molecule has 1 N–H and O–H groups in total. The number of nitrogens with one attached hydrogen (secondary N) is 1. The van der Waals surface area contributed by atoms with Crippen LogP contribution in [0, 0.1) is 0 Å². The number of nitrogens with zero attached hydrogens (tertiary/aromatic N) is 2. The molecule has 2 aliphatic rings. The van der Waals surface area contributed by atoms with E-state index in [4.69, 9.17) is 4.74 Å². The molecule has 1 amide bonds. The van der Waals surface area contributed by atoms with Crippen molar-refractivity contribution in [2.45, 2.75) is 58.1 Å². The van der Waals surface area contributed by atoms with Gasteiger partial charge in [-0.2, -0.15) is 0 Å². The number of amides is 1. The van der Waals surface area contributed by atoms with E-state index in [1.807, 2.05) is 24.4 Å². The first-order valence-corrected chi connectivity index (χ1v) is 11.9. The normalized spacial score (nSPS) is 18.9. The van der Waals surface area contributed by atoms with Crippen molar-refractivity contribution in [1.29, 1.82) is 0 Å². The summed E-state index contributed by atoms with van der Waals surface area (Å²) in [6.45, 7) is 5.15. The third kappa shape index (κ3) is 4.72. The average molecular weight is 573 g/mol. The molecule has 1 aromatic carbocycles. The van der Waals surface area contributed by atoms with Crippen molar-refractivity contribution in [3.05, 3.63) is 71.5 Å². The number of aryl methyl sites for hydroxylation is 2. The number of carbonyl (C=O) groups excluding carboxylic acids is 1. The second-order valence-electron chi connectivity index (χ2n) is 8.47. The maximum atomic E-state index is 12.9. The van der Waals surface area contributed by atoms with Crippen LogP contribution in [0.5, 0.6) is 5.75 Å². The number of fused-ring (bicyclic) bond motifs is 3. The van der Waals surface area contributed by atoms with Gasteiger partial charge < -0.3 is 0 Å². The molecule has 0 unspecified atom stereocenters. The van der Waals surface area contributed by atoms with Crippen LogP contribution in [0.3, 0.4) is 0 Å². The van der Waals surface area contributed by atoms with E-state index >= 15 is 0 Å². The van der Waals surface area contributed by atoms with Gasteiger partial charge in [-0.3, -0.25) is 0 Å². The molecule has 5 nitrogen and oxygen atoms in total. The summed E-state index contributed by atoms with van der Waals surface area (Å²) in [5, 5.41) is 2.91. The zero-order chi connectivity index (χ0) is 21.1. The van der Waals surface area contributed by atoms with Gasteiger partial charge in [0.25, 0.3) is 0 Å². The van der Waals surface area contributed by atoms with Crippen LogP contribution in [0.4, 0.5) is 0 Å². The number of imidazole rings is 1. The van der Waals surface area contributed by atoms with E-state index in [0.29, 0.717) is 0 Å². The van der Waals surface area contributed by atoms with Gasteiger partial charge in [0.2, 0.25) is 0 Å². The molecule has 0 bridgehead atoms. The molecule has 2 aliphatic heterocycles. The monoisotopic (exact) mass is 573 g/mol. The molecule has 0 spiro atoms. The molecule has 0 aliphatic carbocycles. The number of aromatic nitrogens is 2. The minimum atomic E-state index is -0.215. The minimum absolute atomic E-state index is 0.0836. The molecule has 30 heavy (non-hydrogen) atoms. The van der Waals surface area contributed by atoms with Crippen LogP contribution in [0.25, 0.3) is 0 Å². The van der Waals surface area contributed by atoms with Gasteiger partial charge in [0.05, 0.1) is 0 Å². The third-order valence-corrected chi connectivity index (χ3v) is 6.63. The predicted molar refractivity (Wildman–Crippen MR) is 114 cm³/mol. The number of hydrogen-bond acceptors (Lipinski definition) is 3. The van der Waals surface area contributed by atoms with Gasteiger partial charge in [-0.05, 0) is 13.8 Å². The molecule has 6 heteroatoms. The summed E-state index contributed by atoms with van der Waals surface area (Å²) in [4.78, 5) is 17.4. The van der Waals surface area contributed by atoms with Crippen molar-refractivity contribution in [3.63, 3.8) is 0 Å².